The molecule has 0 aliphatic heterocycles. The zero-order chi connectivity index (χ0) is 13.5. The SMILES string of the molecule is COCCNCC(=O)Nc1cccc2ccccc12. The number of hydrogen-bond acceptors (Lipinski definition) is 3. The van der Waals surface area contributed by atoms with Gasteiger partial charge in [-0.05, 0) is 11.5 Å². The summed E-state index contributed by atoms with van der Waals surface area (Å²) in [5.41, 5.74) is 0.844. The molecule has 0 aliphatic rings. The fraction of sp³-hybridized carbons (Fsp3) is 0.267. The van der Waals surface area contributed by atoms with Crippen LogP contribution in [0.15, 0.2) is 42.5 Å². The maximum atomic E-state index is 11.8. The predicted molar refractivity (Wildman–Crippen MR) is 77.3 cm³/mol. The van der Waals surface area contributed by atoms with E-state index in [1.165, 1.54) is 0 Å². The molecule has 0 unspecified atom stereocenters. The van der Waals surface area contributed by atoms with Crippen LogP contribution in [-0.4, -0.2) is 32.7 Å². The van der Waals surface area contributed by atoms with Crippen molar-refractivity contribution in [2.24, 2.45) is 0 Å². The van der Waals surface area contributed by atoms with Gasteiger partial charge in [0.2, 0.25) is 5.91 Å². The monoisotopic (exact) mass is 258 g/mol. The van der Waals surface area contributed by atoms with Crippen LogP contribution in [0, 0.1) is 0 Å². The second-order valence-corrected chi connectivity index (χ2v) is 4.24. The third kappa shape index (κ3) is 3.77. The van der Waals surface area contributed by atoms with Crippen LogP contribution in [0.5, 0.6) is 0 Å². The number of fused-ring (bicyclic) bond motifs is 1. The van der Waals surface area contributed by atoms with Crippen molar-refractivity contribution in [2.75, 3.05) is 32.1 Å². The molecular formula is C15H18N2O2. The number of ether oxygens (including phenoxy) is 1. The standard InChI is InChI=1S/C15H18N2O2/c1-19-10-9-16-11-15(18)17-14-8-4-6-12-5-2-3-7-13(12)14/h2-8,16H,9-11H2,1H3,(H,17,18). The Bertz CT molecular complexity index is 549. The summed E-state index contributed by atoms with van der Waals surface area (Å²) < 4.78 is 4.91. The summed E-state index contributed by atoms with van der Waals surface area (Å²) in [5.74, 6) is -0.0487. The van der Waals surface area contributed by atoms with Gasteiger partial charge in [0.05, 0.1) is 13.2 Å². The van der Waals surface area contributed by atoms with Gasteiger partial charge in [0.25, 0.3) is 0 Å². The first-order valence-corrected chi connectivity index (χ1v) is 6.28. The van der Waals surface area contributed by atoms with Crippen molar-refractivity contribution in [1.29, 1.82) is 0 Å². The summed E-state index contributed by atoms with van der Waals surface area (Å²) in [5, 5.41) is 8.11. The average molecular weight is 258 g/mol. The van der Waals surface area contributed by atoms with E-state index in [1.807, 2.05) is 42.5 Å². The molecule has 4 heteroatoms. The summed E-state index contributed by atoms with van der Waals surface area (Å²) in [6.07, 6.45) is 0. The number of carbonyl (C=O) groups excluding carboxylic acids is 1. The van der Waals surface area contributed by atoms with Gasteiger partial charge >= 0.3 is 0 Å². The Morgan fingerprint density at radius 2 is 1.95 bits per heavy atom. The second kappa shape index (κ2) is 6.87. The van der Waals surface area contributed by atoms with E-state index in [1.54, 1.807) is 7.11 Å². The van der Waals surface area contributed by atoms with Crippen molar-refractivity contribution in [3.8, 4) is 0 Å². The Kier molecular flexibility index (Phi) is 4.89. The highest BCUT2D eigenvalue weighted by molar-refractivity contribution is 6.02. The maximum Gasteiger partial charge on any atom is 0.238 e. The zero-order valence-corrected chi connectivity index (χ0v) is 11.0. The number of carbonyl (C=O) groups is 1. The third-order valence-corrected chi connectivity index (χ3v) is 2.83. The van der Waals surface area contributed by atoms with E-state index in [2.05, 4.69) is 10.6 Å². The van der Waals surface area contributed by atoms with Crippen molar-refractivity contribution in [2.45, 2.75) is 0 Å². The van der Waals surface area contributed by atoms with E-state index in [-0.39, 0.29) is 12.5 Å². The molecule has 0 atom stereocenters. The number of rotatable bonds is 6. The highest BCUT2D eigenvalue weighted by atomic mass is 16.5. The molecule has 2 N–H and O–H groups in total. The van der Waals surface area contributed by atoms with Gasteiger partial charge in [-0.15, -0.1) is 0 Å². The number of benzene rings is 2. The molecule has 0 heterocycles. The van der Waals surface area contributed by atoms with Crippen LogP contribution < -0.4 is 10.6 Å². The Labute approximate surface area is 112 Å². The molecule has 2 aromatic carbocycles. The minimum absolute atomic E-state index is 0.0487. The summed E-state index contributed by atoms with van der Waals surface area (Å²) in [6.45, 7) is 1.55. The lowest BCUT2D eigenvalue weighted by Crippen LogP contribution is -2.30. The largest absolute Gasteiger partial charge is 0.383 e. The Balaban J connectivity index is 1.99. The van der Waals surface area contributed by atoms with Gasteiger partial charge in [0.1, 0.15) is 0 Å². The van der Waals surface area contributed by atoms with E-state index < -0.39 is 0 Å². The van der Waals surface area contributed by atoms with Gasteiger partial charge < -0.3 is 15.4 Å². The van der Waals surface area contributed by atoms with Gasteiger partial charge in [-0.25, -0.2) is 0 Å². The molecule has 4 nitrogen and oxygen atoms in total. The van der Waals surface area contributed by atoms with E-state index in [4.69, 9.17) is 4.74 Å². The van der Waals surface area contributed by atoms with Gasteiger partial charge in [0.15, 0.2) is 0 Å². The lowest BCUT2D eigenvalue weighted by Gasteiger charge is -2.09. The molecule has 0 bridgehead atoms. The van der Waals surface area contributed by atoms with E-state index >= 15 is 0 Å². The summed E-state index contributed by atoms with van der Waals surface area (Å²) in [7, 11) is 1.64. The Hall–Kier alpha value is -1.91. The van der Waals surface area contributed by atoms with Gasteiger partial charge in [-0.1, -0.05) is 36.4 Å². The number of hydrogen-bond donors (Lipinski definition) is 2. The molecule has 0 aromatic heterocycles. The average Bonchev–Trinajstić information content (AvgIpc) is 2.44. The summed E-state index contributed by atoms with van der Waals surface area (Å²) in [6, 6.07) is 13.9. The molecule has 0 saturated heterocycles. The highest BCUT2D eigenvalue weighted by Gasteiger charge is 2.04. The van der Waals surface area contributed by atoms with Crippen LogP contribution in [0.3, 0.4) is 0 Å². The van der Waals surface area contributed by atoms with Crippen LogP contribution in [-0.2, 0) is 9.53 Å². The number of amides is 1. The van der Waals surface area contributed by atoms with E-state index in [0.29, 0.717) is 13.2 Å². The third-order valence-electron chi connectivity index (χ3n) is 2.83. The molecular weight excluding hydrogens is 240 g/mol. The molecule has 100 valence electrons. The van der Waals surface area contributed by atoms with E-state index in [0.717, 1.165) is 16.5 Å². The van der Waals surface area contributed by atoms with Crippen LogP contribution in [0.25, 0.3) is 10.8 Å². The number of anilines is 1. The van der Waals surface area contributed by atoms with Crippen LogP contribution in [0.4, 0.5) is 5.69 Å². The molecule has 0 saturated carbocycles. The quantitative estimate of drug-likeness (QED) is 0.779. The zero-order valence-electron chi connectivity index (χ0n) is 11.0. The minimum atomic E-state index is -0.0487. The van der Waals surface area contributed by atoms with Crippen molar-refractivity contribution in [3.63, 3.8) is 0 Å². The van der Waals surface area contributed by atoms with Gasteiger partial charge in [-0.3, -0.25) is 4.79 Å². The normalized spacial score (nSPS) is 10.6. The molecule has 2 aromatic rings. The lowest BCUT2D eigenvalue weighted by molar-refractivity contribution is -0.115. The van der Waals surface area contributed by atoms with Crippen LogP contribution >= 0.6 is 0 Å². The minimum Gasteiger partial charge on any atom is -0.383 e. The molecule has 2 rings (SSSR count). The van der Waals surface area contributed by atoms with Crippen LogP contribution in [0.2, 0.25) is 0 Å². The molecule has 0 aliphatic carbocycles. The smallest absolute Gasteiger partial charge is 0.238 e. The van der Waals surface area contributed by atoms with Crippen molar-refractivity contribution >= 4 is 22.4 Å². The van der Waals surface area contributed by atoms with Gasteiger partial charge in [-0.2, -0.15) is 0 Å². The molecule has 0 radical (unpaired) electrons. The van der Waals surface area contributed by atoms with Gasteiger partial charge in [0, 0.05) is 24.7 Å². The maximum absolute atomic E-state index is 11.8. The number of nitrogens with one attached hydrogen (secondary N) is 2. The van der Waals surface area contributed by atoms with Crippen molar-refractivity contribution in [3.05, 3.63) is 42.5 Å². The highest BCUT2D eigenvalue weighted by Crippen LogP contribution is 2.22. The fourth-order valence-electron chi connectivity index (χ4n) is 1.90. The van der Waals surface area contributed by atoms with Crippen molar-refractivity contribution < 1.29 is 9.53 Å². The first-order valence-electron chi connectivity index (χ1n) is 6.28. The predicted octanol–water partition coefficient (Wildman–Crippen LogP) is 2.01. The molecule has 1 amide bonds. The fourth-order valence-corrected chi connectivity index (χ4v) is 1.90. The van der Waals surface area contributed by atoms with Crippen LogP contribution in [0.1, 0.15) is 0 Å². The lowest BCUT2D eigenvalue weighted by atomic mass is 10.1. The molecule has 0 fully saturated rings. The van der Waals surface area contributed by atoms with Crippen molar-refractivity contribution in [1.82, 2.24) is 5.32 Å². The number of methoxy groups -OCH3 is 1. The topological polar surface area (TPSA) is 50.4 Å². The first-order chi connectivity index (χ1) is 9.31. The first kappa shape index (κ1) is 13.5. The summed E-state index contributed by atoms with van der Waals surface area (Å²) in [4.78, 5) is 11.8. The van der Waals surface area contributed by atoms with E-state index in [9.17, 15) is 4.79 Å². The second-order valence-electron chi connectivity index (χ2n) is 4.24. The Morgan fingerprint density at radius 3 is 2.79 bits per heavy atom. The summed E-state index contributed by atoms with van der Waals surface area (Å²) >= 11 is 0. The molecule has 19 heavy (non-hydrogen) atoms. The Morgan fingerprint density at radius 1 is 1.16 bits per heavy atom. The molecule has 0 spiro atoms.